The van der Waals surface area contributed by atoms with E-state index in [0.717, 1.165) is 12.1 Å². The number of ketones is 1. The molecule has 0 amide bonds. The number of halogens is 5. The SMILES string of the molecule is O=C(c1ccc(Cl)c(F)c1)C(F)(F)F. The summed E-state index contributed by atoms with van der Waals surface area (Å²) >= 11 is 5.23. The van der Waals surface area contributed by atoms with Gasteiger partial charge < -0.3 is 0 Å². The first-order chi connectivity index (χ1) is 6.32. The normalized spacial score (nSPS) is 11.5. The highest BCUT2D eigenvalue weighted by Gasteiger charge is 2.39. The van der Waals surface area contributed by atoms with Crippen LogP contribution in [-0.2, 0) is 0 Å². The summed E-state index contributed by atoms with van der Waals surface area (Å²) in [6.45, 7) is 0. The van der Waals surface area contributed by atoms with Crippen LogP contribution >= 0.6 is 11.6 Å². The Balaban J connectivity index is 3.10. The molecule has 0 fully saturated rings. The molecule has 0 saturated carbocycles. The molecule has 0 aromatic heterocycles. The molecule has 0 bridgehead atoms. The molecule has 0 aliphatic heterocycles. The van der Waals surface area contributed by atoms with Crippen LogP contribution in [0.5, 0.6) is 0 Å². The molecule has 6 heteroatoms. The van der Waals surface area contributed by atoms with Gasteiger partial charge in [-0.15, -0.1) is 0 Å². The van der Waals surface area contributed by atoms with Crippen molar-refractivity contribution in [3.63, 3.8) is 0 Å². The molecule has 1 aromatic rings. The van der Waals surface area contributed by atoms with E-state index in [4.69, 9.17) is 11.6 Å². The van der Waals surface area contributed by atoms with Crippen LogP contribution < -0.4 is 0 Å². The van der Waals surface area contributed by atoms with Crippen molar-refractivity contribution in [3.05, 3.63) is 34.6 Å². The molecular weight excluding hydrogens is 224 g/mol. The van der Waals surface area contributed by atoms with E-state index in [9.17, 15) is 22.4 Å². The fraction of sp³-hybridized carbons (Fsp3) is 0.125. The number of alkyl halides is 3. The van der Waals surface area contributed by atoms with E-state index < -0.39 is 23.3 Å². The second-order valence-electron chi connectivity index (χ2n) is 2.46. The average molecular weight is 227 g/mol. The lowest BCUT2D eigenvalue weighted by atomic mass is 10.1. The molecule has 1 aromatic carbocycles. The molecule has 0 saturated heterocycles. The van der Waals surface area contributed by atoms with Crippen LogP contribution in [0.15, 0.2) is 18.2 Å². The van der Waals surface area contributed by atoms with E-state index >= 15 is 0 Å². The largest absolute Gasteiger partial charge is 0.454 e. The van der Waals surface area contributed by atoms with Crippen molar-refractivity contribution < 1.29 is 22.4 Å². The maximum Gasteiger partial charge on any atom is 0.454 e. The van der Waals surface area contributed by atoms with Gasteiger partial charge in [-0.1, -0.05) is 11.6 Å². The summed E-state index contributed by atoms with van der Waals surface area (Å²) in [7, 11) is 0. The molecule has 0 aliphatic carbocycles. The smallest absolute Gasteiger partial charge is 0.284 e. The van der Waals surface area contributed by atoms with Crippen molar-refractivity contribution in [1.29, 1.82) is 0 Å². The number of carbonyl (C=O) groups is 1. The Morgan fingerprint density at radius 2 is 1.86 bits per heavy atom. The predicted molar refractivity (Wildman–Crippen MR) is 41.8 cm³/mol. The lowest BCUT2D eigenvalue weighted by Gasteiger charge is -2.05. The van der Waals surface area contributed by atoms with Crippen LogP contribution in [-0.4, -0.2) is 12.0 Å². The van der Waals surface area contributed by atoms with Gasteiger partial charge in [0.2, 0.25) is 0 Å². The van der Waals surface area contributed by atoms with E-state index in [1.165, 1.54) is 0 Å². The van der Waals surface area contributed by atoms with Crippen LogP contribution in [0, 0.1) is 5.82 Å². The monoisotopic (exact) mass is 226 g/mol. The fourth-order valence-corrected chi connectivity index (χ4v) is 0.919. The van der Waals surface area contributed by atoms with E-state index in [2.05, 4.69) is 0 Å². The molecular formula is C8H3ClF4O. The van der Waals surface area contributed by atoms with Crippen molar-refractivity contribution >= 4 is 17.4 Å². The highest BCUT2D eigenvalue weighted by Crippen LogP contribution is 2.23. The summed E-state index contributed by atoms with van der Waals surface area (Å²) < 4.78 is 48.3. The Morgan fingerprint density at radius 1 is 1.29 bits per heavy atom. The molecule has 0 spiro atoms. The minimum absolute atomic E-state index is 0.330. The van der Waals surface area contributed by atoms with Gasteiger partial charge in [0.05, 0.1) is 5.02 Å². The molecule has 0 unspecified atom stereocenters. The third kappa shape index (κ3) is 2.23. The number of carbonyl (C=O) groups excluding carboxylic acids is 1. The summed E-state index contributed by atoms with van der Waals surface area (Å²) in [5.41, 5.74) is -0.764. The summed E-state index contributed by atoms with van der Waals surface area (Å²) in [6.07, 6.45) is -5.00. The lowest BCUT2D eigenvalue weighted by molar-refractivity contribution is -0.0885. The Labute approximate surface area is 81.3 Å². The van der Waals surface area contributed by atoms with Crippen molar-refractivity contribution in [2.45, 2.75) is 6.18 Å². The first kappa shape index (κ1) is 11.0. The number of Topliss-reactive ketones (excluding diaryl/α,β-unsaturated/α-hetero) is 1. The van der Waals surface area contributed by atoms with Crippen LogP contribution in [0.25, 0.3) is 0 Å². The summed E-state index contributed by atoms with van der Waals surface area (Å²) in [4.78, 5) is 10.6. The number of hydrogen-bond acceptors (Lipinski definition) is 1. The van der Waals surface area contributed by atoms with Crippen molar-refractivity contribution in [1.82, 2.24) is 0 Å². The third-order valence-electron chi connectivity index (χ3n) is 1.44. The van der Waals surface area contributed by atoms with E-state index in [1.54, 1.807) is 0 Å². The van der Waals surface area contributed by atoms with Crippen LogP contribution in [0.1, 0.15) is 10.4 Å². The van der Waals surface area contributed by atoms with Gasteiger partial charge >= 0.3 is 6.18 Å². The molecule has 14 heavy (non-hydrogen) atoms. The quantitative estimate of drug-likeness (QED) is 0.531. The van der Waals surface area contributed by atoms with Crippen LogP contribution in [0.4, 0.5) is 17.6 Å². The molecule has 1 rings (SSSR count). The summed E-state index contributed by atoms with van der Waals surface area (Å²) in [6, 6.07) is 2.18. The Morgan fingerprint density at radius 3 is 2.29 bits per heavy atom. The van der Waals surface area contributed by atoms with Crippen LogP contribution in [0.3, 0.4) is 0 Å². The van der Waals surface area contributed by atoms with Crippen molar-refractivity contribution in [2.24, 2.45) is 0 Å². The first-order valence-corrected chi connectivity index (χ1v) is 3.77. The zero-order valence-corrected chi connectivity index (χ0v) is 7.29. The average Bonchev–Trinajstić information content (AvgIpc) is 2.07. The Bertz CT molecular complexity index is 372. The van der Waals surface area contributed by atoms with Crippen molar-refractivity contribution in [3.8, 4) is 0 Å². The van der Waals surface area contributed by atoms with Gasteiger partial charge in [-0.05, 0) is 18.2 Å². The topological polar surface area (TPSA) is 17.1 Å². The van der Waals surface area contributed by atoms with Crippen molar-refractivity contribution in [2.75, 3.05) is 0 Å². The predicted octanol–water partition coefficient (Wildman–Crippen LogP) is 3.22. The molecule has 0 heterocycles. The van der Waals surface area contributed by atoms with E-state index in [1.807, 2.05) is 0 Å². The van der Waals surface area contributed by atoms with Gasteiger partial charge in [-0.2, -0.15) is 13.2 Å². The summed E-state index contributed by atoms with van der Waals surface area (Å²) in [5.74, 6) is -3.14. The standard InChI is InChI=1S/C8H3ClF4O/c9-5-2-1-4(3-6(5)10)7(14)8(11,12)13/h1-3H. The van der Waals surface area contributed by atoms with Gasteiger partial charge in [0.1, 0.15) is 5.82 Å². The number of hydrogen-bond donors (Lipinski definition) is 0. The van der Waals surface area contributed by atoms with E-state index in [-0.39, 0.29) is 5.02 Å². The number of rotatable bonds is 1. The molecule has 0 radical (unpaired) electrons. The van der Waals surface area contributed by atoms with Gasteiger partial charge in [0.25, 0.3) is 5.78 Å². The second-order valence-corrected chi connectivity index (χ2v) is 2.86. The third-order valence-corrected chi connectivity index (χ3v) is 1.75. The van der Waals surface area contributed by atoms with Gasteiger partial charge in [0, 0.05) is 5.56 Å². The minimum Gasteiger partial charge on any atom is -0.284 e. The Kier molecular flexibility index (Phi) is 2.80. The summed E-state index contributed by atoms with van der Waals surface area (Å²) in [5, 5.41) is -0.330. The highest BCUT2D eigenvalue weighted by atomic mass is 35.5. The van der Waals surface area contributed by atoms with E-state index in [0.29, 0.717) is 6.07 Å². The molecule has 76 valence electrons. The maximum absolute atomic E-state index is 12.7. The van der Waals surface area contributed by atoms with Crippen LogP contribution in [0.2, 0.25) is 5.02 Å². The van der Waals surface area contributed by atoms with Gasteiger partial charge in [-0.3, -0.25) is 4.79 Å². The first-order valence-electron chi connectivity index (χ1n) is 3.39. The maximum atomic E-state index is 12.7. The highest BCUT2D eigenvalue weighted by molar-refractivity contribution is 6.30. The molecule has 1 nitrogen and oxygen atoms in total. The molecule has 0 aliphatic rings. The zero-order valence-electron chi connectivity index (χ0n) is 6.53. The molecule has 0 atom stereocenters. The fourth-order valence-electron chi connectivity index (χ4n) is 0.801. The van der Waals surface area contributed by atoms with Gasteiger partial charge in [-0.25, -0.2) is 4.39 Å². The van der Waals surface area contributed by atoms with Gasteiger partial charge in [0.15, 0.2) is 0 Å². The zero-order chi connectivity index (χ0) is 10.9. The minimum atomic E-state index is -5.00. The lowest BCUT2D eigenvalue weighted by Crippen LogP contribution is -2.22. The Hall–Kier alpha value is -1.10. The number of benzene rings is 1. The second kappa shape index (κ2) is 3.57. The molecule has 0 N–H and O–H groups in total.